The zero-order valence-electron chi connectivity index (χ0n) is 16.5. The predicted octanol–water partition coefficient (Wildman–Crippen LogP) is 2.26. The molecule has 8 nitrogen and oxygen atoms in total. The van der Waals surface area contributed by atoms with E-state index in [2.05, 4.69) is 5.32 Å². The molecule has 0 fully saturated rings. The lowest BCUT2D eigenvalue weighted by Crippen LogP contribution is -2.31. The minimum atomic E-state index is -0.724. The van der Waals surface area contributed by atoms with Gasteiger partial charge in [0, 0.05) is 11.1 Å². The van der Waals surface area contributed by atoms with Gasteiger partial charge in [0.15, 0.2) is 23.9 Å². The largest absolute Gasteiger partial charge is 0.494 e. The highest BCUT2D eigenvalue weighted by molar-refractivity contribution is 5.99. The Morgan fingerprint density at radius 1 is 0.897 bits per heavy atom. The number of carbonyl (C=O) groups is 3. The monoisotopic (exact) mass is 401 g/mol. The summed E-state index contributed by atoms with van der Waals surface area (Å²) in [4.78, 5) is 36.1. The molecule has 0 spiro atoms. The molecule has 2 rings (SSSR count). The number of rotatable bonds is 10. The molecule has 0 aliphatic rings. The standard InChI is InChI=1S/C21H23NO7/c1-4-28-16-8-5-14(6-9-16)21(25)22-12-20(24)29-13-17(23)15-7-10-18(26-2)19(11-15)27-3/h5-11H,4,12-13H2,1-3H3,(H,22,25). The molecular formula is C21H23NO7. The number of nitrogens with one attached hydrogen (secondary N) is 1. The summed E-state index contributed by atoms with van der Waals surface area (Å²) < 4.78 is 20.5. The molecule has 2 aromatic rings. The normalized spacial score (nSPS) is 10.0. The molecular weight excluding hydrogens is 378 g/mol. The SMILES string of the molecule is CCOc1ccc(C(=O)NCC(=O)OCC(=O)c2ccc(OC)c(OC)c2)cc1. The molecule has 1 amide bonds. The van der Waals surface area contributed by atoms with E-state index in [4.69, 9.17) is 18.9 Å². The van der Waals surface area contributed by atoms with Crippen molar-refractivity contribution in [3.05, 3.63) is 53.6 Å². The van der Waals surface area contributed by atoms with Crippen molar-refractivity contribution in [1.82, 2.24) is 5.32 Å². The lowest BCUT2D eigenvalue weighted by atomic mass is 10.1. The van der Waals surface area contributed by atoms with E-state index < -0.39 is 24.3 Å². The summed E-state index contributed by atoms with van der Waals surface area (Å²) in [6.07, 6.45) is 0. The summed E-state index contributed by atoms with van der Waals surface area (Å²) in [5, 5.41) is 2.44. The van der Waals surface area contributed by atoms with Crippen LogP contribution in [0.4, 0.5) is 0 Å². The minimum Gasteiger partial charge on any atom is -0.494 e. The summed E-state index contributed by atoms with van der Waals surface area (Å²) in [7, 11) is 2.95. The van der Waals surface area contributed by atoms with Gasteiger partial charge in [0.2, 0.25) is 0 Å². The third kappa shape index (κ3) is 6.24. The highest BCUT2D eigenvalue weighted by atomic mass is 16.5. The Morgan fingerprint density at radius 3 is 2.17 bits per heavy atom. The third-order valence-electron chi connectivity index (χ3n) is 3.89. The van der Waals surface area contributed by atoms with Crippen LogP contribution >= 0.6 is 0 Å². The van der Waals surface area contributed by atoms with Gasteiger partial charge in [-0.25, -0.2) is 0 Å². The van der Waals surface area contributed by atoms with Crippen molar-refractivity contribution in [2.24, 2.45) is 0 Å². The van der Waals surface area contributed by atoms with Gasteiger partial charge in [-0.3, -0.25) is 14.4 Å². The molecule has 29 heavy (non-hydrogen) atoms. The second kappa shape index (κ2) is 10.7. The van der Waals surface area contributed by atoms with E-state index in [9.17, 15) is 14.4 Å². The Kier molecular flexibility index (Phi) is 8.02. The first kappa shape index (κ1) is 21.7. The minimum absolute atomic E-state index is 0.314. The van der Waals surface area contributed by atoms with Crippen molar-refractivity contribution in [3.8, 4) is 17.2 Å². The fraction of sp³-hybridized carbons (Fsp3) is 0.286. The van der Waals surface area contributed by atoms with Gasteiger partial charge >= 0.3 is 5.97 Å². The number of methoxy groups -OCH3 is 2. The van der Waals surface area contributed by atoms with Crippen LogP contribution in [-0.4, -0.2) is 51.6 Å². The van der Waals surface area contributed by atoms with Crippen LogP contribution in [0.5, 0.6) is 17.2 Å². The number of benzene rings is 2. The molecule has 0 saturated carbocycles. The Balaban J connectivity index is 1.82. The van der Waals surface area contributed by atoms with Crippen LogP contribution in [0.25, 0.3) is 0 Å². The molecule has 2 aromatic carbocycles. The van der Waals surface area contributed by atoms with Crippen LogP contribution in [0.15, 0.2) is 42.5 Å². The summed E-state index contributed by atoms with van der Waals surface area (Å²) in [6, 6.07) is 11.1. The van der Waals surface area contributed by atoms with Crippen LogP contribution in [0, 0.1) is 0 Å². The number of ether oxygens (including phenoxy) is 4. The molecule has 1 N–H and O–H groups in total. The number of amides is 1. The Morgan fingerprint density at radius 2 is 1.55 bits per heavy atom. The molecule has 0 unspecified atom stereocenters. The molecule has 0 aliphatic heterocycles. The Hall–Kier alpha value is -3.55. The zero-order valence-corrected chi connectivity index (χ0v) is 16.5. The van der Waals surface area contributed by atoms with Gasteiger partial charge in [0.25, 0.3) is 5.91 Å². The Labute approximate surface area is 168 Å². The highest BCUT2D eigenvalue weighted by Crippen LogP contribution is 2.27. The molecule has 0 saturated heterocycles. The summed E-state index contributed by atoms with van der Waals surface area (Å²) >= 11 is 0. The van der Waals surface area contributed by atoms with Crippen LogP contribution in [0.3, 0.4) is 0 Å². The van der Waals surface area contributed by atoms with Crippen LogP contribution < -0.4 is 19.5 Å². The molecule has 8 heteroatoms. The first-order valence-corrected chi connectivity index (χ1v) is 8.90. The second-order valence-electron chi connectivity index (χ2n) is 5.79. The predicted molar refractivity (Wildman–Crippen MR) is 105 cm³/mol. The molecule has 0 radical (unpaired) electrons. The first-order chi connectivity index (χ1) is 14.0. The van der Waals surface area contributed by atoms with Crippen LogP contribution in [0.1, 0.15) is 27.6 Å². The summed E-state index contributed by atoms with van der Waals surface area (Å²) in [5.74, 6) is -0.0334. The highest BCUT2D eigenvalue weighted by Gasteiger charge is 2.14. The fourth-order valence-corrected chi connectivity index (χ4v) is 2.41. The quantitative estimate of drug-likeness (QED) is 0.481. The molecule has 0 aliphatic carbocycles. The van der Waals surface area contributed by atoms with E-state index in [1.807, 2.05) is 6.92 Å². The number of ketones is 1. The van der Waals surface area contributed by atoms with E-state index in [0.717, 1.165) is 0 Å². The van der Waals surface area contributed by atoms with E-state index in [1.165, 1.54) is 20.3 Å². The van der Waals surface area contributed by atoms with Gasteiger partial charge in [-0.2, -0.15) is 0 Å². The number of hydrogen-bond acceptors (Lipinski definition) is 7. The molecule has 0 aromatic heterocycles. The number of carbonyl (C=O) groups excluding carboxylic acids is 3. The molecule has 0 bridgehead atoms. The summed E-state index contributed by atoms with van der Waals surface area (Å²) in [6.45, 7) is 1.58. The van der Waals surface area contributed by atoms with Crippen molar-refractivity contribution >= 4 is 17.7 Å². The van der Waals surface area contributed by atoms with Gasteiger partial charge < -0.3 is 24.3 Å². The van der Waals surface area contributed by atoms with Crippen molar-refractivity contribution in [2.45, 2.75) is 6.92 Å². The van der Waals surface area contributed by atoms with E-state index in [1.54, 1.807) is 36.4 Å². The van der Waals surface area contributed by atoms with Gasteiger partial charge in [-0.05, 0) is 49.4 Å². The van der Waals surface area contributed by atoms with Crippen LogP contribution in [0.2, 0.25) is 0 Å². The third-order valence-corrected chi connectivity index (χ3v) is 3.89. The van der Waals surface area contributed by atoms with Crippen LogP contribution in [-0.2, 0) is 9.53 Å². The number of hydrogen-bond donors (Lipinski definition) is 1. The fourth-order valence-electron chi connectivity index (χ4n) is 2.41. The molecule has 0 heterocycles. The Bertz CT molecular complexity index is 862. The maximum absolute atomic E-state index is 12.2. The van der Waals surface area contributed by atoms with Gasteiger partial charge in [0.1, 0.15) is 12.3 Å². The smallest absolute Gasteiger partial charge is 0.325 e. The van der Waals surface area contributed by atoms with Crippen molar-refractivity contribution in [1.29, 1.82) is 0 Å². The zero-order chi connectivity index (χ0) is 21.2. The van der Waals surface area contributed by atoms with E-state index in [-0.39, 0.29) is 6.54 Å². The number of esters is 1. The summed E-state index contributed by atoms with van der Waals surface area (Å²) in [5.41, 5.74) is 0.691. The maximum Gasteiger partial charge on any atom is 0.325 e. The van der Waals surface area contributed by atoms with Crippen molar-refractivity contribution < 1.29 is 33.3 Å². The average molecular weight is 401 g/mol. The average Bonchev–Trinajstić information content (AvgIpc) is 2.75. The first-order valence-electron chi connectivity index (χ1n) is 8.90. The maximum atomic E-state index is 12.2. The van der Waals surface area contributed by atoms with E-state index >= 15 is 0 Å². The molecule has 154 valence electrons. The lowest BCUT2D eigenvalue weighted by molar-refractivity contribution is -0.141. The lowest BCUT2D eigenvalue weighted by Gasteiger charge is -2.10. The van der Waals surface area contributed by atoms with Crippen molar-refractivity contribution in [3.63, 3.8) is 0 Å². The molecule has 0 atom stereocenters. The van der Waals surface area contributed by atoms with E-state index in [0.29, 0.717) is 35.0 Å². The van der Waals surface area contributed by atoms with Gasteiger partial charge in [-0.1, -0.05) is 0 Å². The number of Topliss-reactive ketones (excluding diaryl/α,β-unsaturated/α-hetero) is 1. The second-order valence-corrected chi connectivity index (χ2v) is 5.79. The van der Waals surface area contributed by atoms with Gasteiger partial charge in [0.05, 0.1) is 20.8 Å². The topological polar surface area (TPSA) is 100 Å². The van der Waals surface area contributed by atoms with Crippen molar-refractivity contribution in [2.75, 3.05) is 34.0 Å². The van der Waals surface area contributed by atoms with Gasteiger partial charge in [-0.15, -0.1) is 0 Å².